The van der Waals surface area contributed by atoms with Crippen molar-refractivity contribution in [1.82, 2.24) is 9.13 Å². The number of fused-ring (bicyclic) bond motifs is 6. The van der Waals surface area contributed by atoms with Crippen LogP contribution in [0.1, 0.15) is 0 Å². The molecular formula is C60H40N2. The molecule has 12 rings (SSSR count). The molecule has 2 heterocycles. The van der Waals surface area contributed by atoms with Gasteiger partial charge in [-0.05, 0) is 105 Å². The first-order valence-corrected chi connectivity index (χ1v) is 21.3. The zero-order valence-corrected chi connectivity index (χ0v) is 34.0. The first-order valence-electron chi connectivity index (χ1n) is 21.3. The van der Waals surface area contributed by atoms with Gasteiger partial charge in [-0.3, -0.25) is 0 Å². The predicted molar refractivity (Wildman–Crippen MR) is 262 cm³/mol. The summed E-state index contributed by atoms with van der Waals surface area (Å²) in [6, 6.07) is 88.3. The van der Waals surface area contributed by atoms with Crippen molar-refractivity contribution < 1.29 is 0 Å². The van der Waals surface area contributed by atoms with Crippen LogP contribution in [-0.4, -0.2) is 9.13 Å². The van der Waals surface area contributed by atoms with Crippen molar-refractivity contribution in [2.45, 2.75) is 0 Å². The Labute approximate surface area is 360 Å². The van der Waals surface area contributed by atoms with Crippen LogP contribution in [0.2, 0.25) is 0 Å². The van der Waals surface area contributed by atoms with E-state index < -0.39 is 0 Å². The highest BCUT2D eigenvalue weighted by Gasteiger charge is 2.19. The summed E-state index contributed by atoms with van der Waals surface area (Å²) in [5.74, 6) is 0. The van der Waals surface area contributed by atoms with E-state index in [2.05, 4.69) is 252 Å². The molecule has 0 aliphatic rings. The molecular weight excluding hydrogens is 749 g/mol. The van der Waals surface area contributed by atoms with E-state index in [9.17, 15) is 0 Å². The summed E-state index contributed by atoms with van der Waals surface area (Å²) in [5.41, 5.74) is 19.2. The summed E-state index contributed by atoms with van der Waals surface area (Å²) in [7, 11) is 0. The Hall–Kier alpha value is -8.20. The van der Waals surface area contributed by atoms with Crippen molar-refractivity contribution in [2.24, 2.45) is 0 Å². The van der Waals surface area contributed by atoms with Gasteiger partial charge in [-0.1, -0.05) is 188 Å². The first-order chi connectivity index (χ1) is 30.8. The Morgan fingerprint density at radius 2 is 0.661 bits per heavy atom. The number of para-hydroxylation sites is 2. The average molecular weight is 789 g/mol. The van der Waals surface area contributed by atoms with Gasteiger partial charge in [0.15, 0.2) is 0 Å². The fourth-order valence-electron chi connectivity index (χ4n) is 9.62. The summed E-state index contributed by atoms with van der Waals surface area (Å²) < 4.78 is 4.85. The van der Waals surface area contributed by atoms with Crippen LogP contribution in [0.5, 0.6) is 0 Å². The number of benzene rings is 10. The van der Waals surface area contributed by atoms with Crippen molar-refractivity contribution in [3.05, 3.63) is 243 Å². The lowest BCUT2D eigenvalue weighted by atomic mass is 9.96. The molecule has 2 heteroatoms. The zero-order valence-electron chi connectivity index (χ0n) is 34.0. The molecule has 0 aliphatic heterocycles. The average Bonchev–Trinajstić information content (AvgIpc) is 3.87. The van der Waals surface area contributed by atoms with Gasteiger partial charge in [-0.25, -0.2) is 0 Å². The van der Waals surface area contributed by atoms with Gasteiger partial charge in [0.1, 0.15) is 0 Å². The van der Waals surface area contributed by atoms with E-state index in [4.69, 9.17) is 0 Å². The second-order valence-electron chi connectivity index (χ2n) is 16.1. The third-order valence-electron chi connectivity index (χ3n) is 12.6. The molecule has 2 nitrogen and oxygen atoms in total. The number of nitrogens with zero attached hydrogens (tertiary/aromatic N) is 2. The molecule has 0 N–H and O–H groups in total. The van der Waals surface area contributed by atoms with Gasteiger partial charge < -0.3 is 9.13 Å². The van der Waals surface area contributed by atoms with Gasteiger partial charge >= 0.3 is 0 Å². The maximum absolute atomic E-state index is 2.43. The van der Waals surface area contributed by atoms with E-state index in [1.807, 2.05) is 0 Å². The van der Waals surface area contributed by atoms with Crippen molar-refractivity contribution >= 4 is 43.6 Å². The van der Waals surface area contributed by atoms with Crippen LogP contribution in [0, 0.1) is 0 Å². The molecule has 0 saturated heterocycles. The van der Waals surface area contributed by atoms with Gasteiger partial charge in [0, 0.05) is 32.8 Å². The Kier molecular flexibility index (Phi) is 8.53. The summed E-state index contributed by atoms with van der Waals surface area (Å²) in [6.45, 7) is 0. The normalized spacial score (nSPS) is 11.5. The highest BCUT2D eigenvalue weighted by Crippen LogP contribution is 2.42. The molecule has 290 valence electrons. The van der Waals surface area contributed by atoms with Gasteiger partial charge in [0.05, 0.1) is 27.8 Å². The Morgan fingerprint density at radius 1 is 0.226 bits per heavy atom. The van der Waals surface area contributed by atoms with Gasteiger partial charge in [-0.2, -0.15) is 0 Å². The van der Waals surface area contributed by atoms with E-state index >= 15 is 0 Å². The molecule has 2 aromatic heterocycles. The second-order valence-corrected chi connectivity index (χ2v) is 16.1. The summed E-state index contributed by atoms with van der Waals surface area (Å²) in [6.07, 6.45) is 0. The summed E-state index contributed by atoms with van der Waals surface area (Å²) in [5, 5.41) is 5.00. The molecule has 0 fully saturated rings. The number of rotatable bonds is 7. The maximum Gasteiger partial charge on any atom is 0.0547 e. The van der Waals surface area contributed by atoms with E-state index in [0.717, 1.165) is 5.69 Å². The molecule has 0 amide bonds. The van der Waals surface area contributed by atoms with E-state index in [1.54, 1.807) is 0 Å². The molecule has 0 aliphatic carbocycles. The van der Waals surface area contributed by atoms with Crippen LogP contribution in [0.4, 0.5) is 0 Å². The summed E-state index contributed by atoms with van der Waals surface area (Å²) >= 11 is 0. The minimum atomic E-state index is 1.15. The molecule has 0 atom stereocenters. The van der Waals surface area contributed by atoms with Gasteiger partial charge in [0.2, 0.25) is 0 Å². The molecule has 10 aromatic carbocycles. The first kappa shape index (κ1) is 35.7. The lowest BCUT2D eigenvalue weighted by Crippen LogP contribution is -1.96. The molecule has 62 heavy (non-hydrogen) atoms. The van der Waals surface area contributed by atoms with Crippen molar-refractivity contribution in [3.63, 3.8) is 0 Å². The van der Waals surface area contributed by atoms with Crippen LogP contribution < -0.4 is 0 Å². The monoisotopic (exact) mass is 788 g/mol. The number of hydrogen-bond donors (Lipinski definition) is 0. The Morgan fingerprint density at radius 3 is 1.34 bits per heavy atom. The minimum Gasteiger partial charge on any atom is -0.309 e. The third-order valence-corrected chi connectivity index (χ3v) is 12.6. The lowest BCUT2D eigenvalue weighted by Gasteiger charge is -2.14. The van der Waals surface area contributed by atoms with E-state index in [-0.39, 0.29) is 0 Å². The van der Waals surface area contributed by atoms with Crippen LogP contribution >= 0.6 is 0 Å². The molecule has 0 spiro atoms. The van der Waals surface area contributed by atoms with Crippen LogP contribution in [0.3, 0.4) is 0 Å². The van der Waals surface area contributed by atoms with Crippen LogP contribution in [-0.2, 0) is 0 Å². The highest BCUT2D eigenvalue weighted by molar-refractivity contribution is 6.17. The molecule has 0 radical (unpaired) electrons. The SMILES string of the molecule is c1ccc(-c2ccc(-n3c4ccc(-c5ccc(-c6ccc7c(c6)c6ccccc6n7-c6ccccc6-c6ccccc6)cc5)cc4c4c(-c5ccccc5)cccc43)cc2)cc1. The molecule has 0 bridgehead atoms. The third kappa shape index (κ3) is 5.96. The van der Waals surface area contributed by atoms with Gasteiger partial charge in [0.25, 0.3) is 0 Å². The Bertz CT molecular complexity index is 3580. The van der Waals surface area contributed by atoms with E-state index in [1.165, 1.54) is 105 Å². The largest absolute Gasteiger partial charge is 0.309 e. The van der Waals surface area contributed by atoms with E-state index in [0.29, 0.717) is 0 Å². The molecule has 0 saturated carbocycles. The Balaban J connectivity index is 0.951. The van der Waals surface area contributed by atoms with Gasteiger partial charge in [-0.15, -0.1) is 0 Å². The highest BCUT2D eigenvalue weighted by atomic mass is 15.0. The van der Waals surface area contributed by atoms with Crippen molar-refractivity contribution in [2.75, 3.05) is 0 Å². The number of hydrogen-bond acceptors (Lipinski definition) is 0. The predicted octanol–water partition coefficient (Wildman–Crippen LogP) is 16.2. The standard InChI is InChI=1S/C60H40N2/c1-4-15-41(16-5-1)42-31-35-49(36-32-42)61-58-38-34-48(40-54(58)60-51(23-14-26-59(60)61)46-19-8-3-9-20-46)44-29-27-43(28-30-44)47-33-37-57-53(39-47)52-22-11-13-25-56(52)62(57)55-24-12-10-21-50(55)45-17-6-2-7-18-45/h1-40H. The van der Waals surface area contributed by atoms with Crippen LogP contribution in [0.25, 0.3) is 111 Å². The van der Waals surface area contributed by atoms with Crippen LogP contribution in [0.15, 0.2) is 243 Å². The molecule has 12 aromatic rings. The number of aromatic nitrogens is 2. The van der Waals surface area contributed by atoms with Crippen molar-refractivity contribution in [1.29, 1.82) is 0 Å². The zero-order chi connectivity index (χ0) is 41.0. The quantitative estimate of drug-likeness (QED) is 0.152. The topological polar surface area (TPSA) is 9.86 Å². The smallest absolute Gasteiger partial charge is 0.0547 e. The second kappa shape index (κ2) is 14.8. The maximum atomic E-state index is 2.43. The lowest BCUT2D eigenvalue weighted by molar-refractivity contribution is 1.18. The minimum absolute atomic E-state index is 1.15. The fraction of sp³-hybridized carbons (Fsp3) is 0. The fourth-order valence-corrected chi connectivity index (χ4v) is 9.62. The summed E-state index contributed by atoms with van der Waals surface area (Å²) in [4.78, 5) is 0. The van der Waals surface area contributed by atoms with Crippen molar-refractivity contribution in [3.8, 4) is 67.0 Å². The molecule has 0 unspecified atom stereocenters.